The van der Waals surface area contributed by atoms with Gasteiger partial charge in [0.05, 0.1) is 18.5 Å². The molecule has 1 N–H and O–H groups in total. The third kappa shape index (κ3) is 3.82. The maximum atomic E-state index is 13.9. The number of hydrogen-bond donors (Lipinski definition) is 1. The zero-order chi connectivity index (χ0) is 17.8. The van der Waals surface area contributed by atoms with Crippen molar-refractivity contribution in [3.8, 4) is 0 Å². The molecule has 7 heteroatoms. The van der Waals surface area contributed by atoms with E-state index in [4.69, 9.17) is 4.74 Å². The van der Waals surface area contributed by atoms with Crippen molar-refractivity contribution >= 4 is 28.2 Å². The number of aromatic nitrogens is 1. The molecular weight excluding hydrogens is 323 g/mol. The Balaban J connectivity index is 1.90. The molecule has 1 fully saturated rings. The van der Waals surface area contributed by atoms with Gasteiger partial charge in [-0.15, -0.1) is 0 Å². The molecule has 1 aromatic heterocycles. The number of ether oxygens (including phenoxy) is 1. The van der Waals surface area contributed by atoms with Crippen LogP contribution in [0.4, 0.5) is 15.9 Å². The van der Waals surface area contributed by atoms with Gasteiger partial charge in [-0.2, -0.15) is 0 Å². The maximum absolute atomic E-state index is 13.9. The predicted octanol–water partition coefficient (Wildman–Crippen LogP) is 2.10. The van der Waals surface area contributed by atoms with E-state index in [1.165, 1.54) is 12.1 Å². The lowest BCUT2D eigenvalue weighted by molar-refractivity contribution is -0.129. The summed E-state index contributed by atoms with van der Waals surface area (Å²) in [6.07, 6.45) is 1.78. The third-order valence-corrected chi connectivity index (χ3v) is 4.47. The number of anilines is 2. The van der Waals surface area contributed by atoms with Gasteiger partial charge in [-0.25, -0.2) is 9.37 Å². The van der Waals surface area contributed by atoms with Crippen molar-refractivity contribution in [1.82, 2.24) is 9.88 Å². The molecule has 134 valence electrons. The highest BCUT2D eigenvalue weighted by molar-refractivity contribution is 6.00. The molecule has 1 saturated heterocycles. The second kappa shape index (κ2) is 7.65. The summed E-state index contributed by atoms with van der Waals surface area (Å²) in [4.78, 5) is 20.0. The largest absolute Gasteiger partial charge is 0.383 e. The fourth-order valence-electron chi connectivity index (χ4n) is 3.11. The highest BCUT2D eigenvalue weighted by Crippen LogP contribution is 2.31. The number of carbonyl (C=O) groups excluding carboxylic acids is 1. The van der Waals surface area contributed by atoms with Crippen LogP contribution in [-0.4, -0.2) is 62.2 Å². The topological polar surface area (TPSA) is 57.7 Å². The van der Waals surface area contributed by atoms with E-state index in [0.29, 0.717) is 39.3 Å². The molecule has 0 bridgehead atoms. The van der Waals surface area contributed by atoms with Crippen LogP contribution >= 0.6 is 0 Å². The Morgan fingerprint density at radius 1 is 1.28 bits per heavy atom. The van der Waals surface area contributed by atoms with E-state index in [1.807, 2.05) is 4.90 Å². The molecule has 0 saturated carbocycles. The summed E-state index contributed by atoms with van der Waals surface area (Å²) in [5.41, 5.74) is 0.859. The average Bonchev–Trinajstić information content (AvgIpc) is 2.62. The van der Waals surface area contributed by atoms with Gasteiger partial charge in [-0.05, 0) is 18.2 Å². The number of piperazine rings is 1. The number of amides is 1. The molecule has 0 spiro atoms. The molecule has 1 aliphatic heterocycles. The van der Waals surface area contributed by atoms with Gasteiger partial charge in [0.15, 0.2) is 0 Å². The van der Waals surface area contributed by atoms with Crippen LogP contribution in [0.15, 0.2) is 24.4 Å². The standard InChI is InChI=1S/C18H23FN4O2/c1-13(24)22-6-8-23(9-7-22)18-16-11-14(19)3-4-15(16)17(12-21-18)20-5-10-25-2/h3-4,11-12,20H,5-10H2,1-2H3. The second-order valence-corrected chi connectivity index (χ2v) is 6.10. The van der Waals surface area contributed by atoms with Crippen molar-refractivity contribution in [2.24, 2.45) is 0 Å². The number of methoxy groups -OCH3 is 1. The van der Waals surface area contributed by atoms with Crippen LogP contribution < -0.4 is 10.2 Å². The Hall–Kier alpha value is -2.41. The first-order valence-corrected chi connectivity index (χ1v) is 8.41. The molecule has 2 heterocycles. The van der Waals surface area contributed by atoms with Crippen molar-refractivity contribution < 1.29 is 13.9 Å². The lowest BCUT2D eigenvalue weighted by Gasteiger charge is -2.35. The number of pyridine rings is 1. The molecule has 0 radical (unpaired) electrons. The van der Waals surface area contributed by atoms with E-state index in [2.05, 4.69) is 15.2 Å². The molecule has 1 aliphatic rings. The van der Waals surface area contributed by atoms with Gasteiger partial charge in [0, 0.05) is 57.5 Å². The van der Waals surface area contributed by atoms with Crippen LogP contribution in [0.25, 0.3) is 10.8 Å². The first kappa shape index (κ1) is 17.4. The zero-order valence-corrected chi connectivity index (χ0v) is 14.6. The van der Waals surface area contributed by atoms with Crippen LogP contribution in [0.1, 0.15) is 6.92 Å². The highest BCUT2D eigenvalue weighted by atomic mass is 19.1. The fourth-order valence-corrected chi connectivity index (χ4v) is 3.11. The van der Waals surface area contributed by atoms with Crippen LogP contribution in [0.3, 0.4) is 0 Å². The van der Waals surface area contributed by atoms with Crippen LogP contribution in [0.2, 0.25) is 0 Å². The molecule has 25 heavy (non-hydrogen) atoms. The first-order chi connectivity index (χ1) is 12.1. The third-order valence-electron chi connectivity index (χ3n) is 4.47. The summed E-state index contributed by atoms with van der Waals surface area (Å²) in [6.45, 7) is 5.50. The van der Waals surface area contributed by atoms with E-state index in [1.54, 1.807) is 26.3 Å². The second-order valence-electron chi connectivity index (χ2n) is 6.10. The molecule has 0 atom stereocenters. The Bertz CT molecular complexity index is 760. The maximum Gasteiger partial charge on any atom is 0.219 e. The molecule has 0 unspecified atom stereocenters. The van der Waals surface area contributed by atoms with E-state index >= 15 is 0 Å². The van der Waals surface area contributed by atoms with Gasteiger partial charge in [-0.1, -0.05) is 0 Å². The molecular formula is C18H23FN4O2. The summed E-state index contributed by atoms with van der Waals surface area (Å²) < 4.78 is 18.9. The average molecular weight is 346 g/mol. The van der Waals surface area contributed by atoms with Crippen LogP contribution in [-0.2, 0) is 9.53 Å². The van der Waals surface area contributed by atoms with E-state index < -0.39 is 0 Å². The number of hydrogen-bond acceptors (Lipinski definition) is 5. The van der Waals surface area contributed by atoms with Crippen molar-refractivity contribution in [2.75, 3.05) is 56.7 Å². The number of carbonyl (C=O) groups is 1. The number of halogens is 1. The van der Waals surface area contributed by atoms with Crippen molar-refractivity contribution in [3.63, 3.8) is 0 Å². The Morgan fingerprint density at radius 2 is 2.04 bits per heavy atom. The minimum Gasteiger partial charge on any atom is -0.383 e. The lowest BCUT2D eigenvalue weighted by Crippen LogP contribution is -2.48. The first-order valence-electron chi connectivity index (χ1n) is 8.41. The minimum atomic E-state index is -0.285. The summed E-state index contributed by atoms with van der Waals surface area (Å²) in [6, 6.07) is 4.76. The molecule has 3 rings (SSSR count). The van der Waals surface area contributed by atoms with E-state index in [9.17, 15) is 9.18 Å². The smallest absolute Gasteiger partial charge is 0.219 e. The van der Waals surface area contributed by atoms with E-state index in [0.717, 1.165) is 22.3 Å². The normalized spacial score (nSPS) is 14.8. The summed E-state index contributed by atoms with van der Waals surface area (Å²) in [5.74, 6) is 0.558. The van der Waals surface area contributed by atoms with Gasteiger partial charge in [0.2, 0.25) is 5.91 Å². The molecule has 2 aromatic rings. The van der Waals surface area contributed by atoms with Gasteiger partial charge < -0.3 is 19.9 Å². The number of benzene rings is 1. The molecule has 1 amide bonds. The highest BCUT2D eigenvalue weighted by Gasteiger charge is 2.21. The Labute approximate surface area is 146 Å². The Kier molecular flexibility index (Phi) is 5.33. The molecule has 0 aliphatic carbocycles. The quantitative estimate of drug-likeness (QED) is 0.841. The number of fused-ring (bicyclic) bond motifs is 1. The number of rotatable bonds is 5. The van der Waals surface area contributed by atoms with E-state index in [-0.39, 0.29) is 11.7 Å². The van der Waals surface area contributed by atoms with Crippen molar-refractivity contribution in [2.45, 2.75) is 6.92 Å². The fraction of sp³-hybridized carbons (Fsp3) is 0.444. The SMILES string of the molecule is COCCNc1cnc(N2CCN(C(C)=O)CC2)c2cc(F)ccc12. The lowest BCUT2D eigenvalue weighted by atomic mass is 10.1. The van der Waals surface area contributed by atoms with Crippen molar-refractivity contribution in [3.05, 3.63) is 30.2 Å². The zero-order valence-electron chi connectivity index (χ0n) is 14.6. The van der Waals surface area contributed by atoms with Crippen LogP contribution in [0.5, 0.6) is 0 Å². The molecule has 6 nitrogen and oxygen atoms in total. The predicted molar refractivity (Wildman–Crippen MR) is 96.5 cm³/mol. The monoisotopic (exact) mass is 346 g/mol. The van der Waals surface area contributed by atoms with Crippen LogP contribution in [0, 0.1) is 5.82 Å². The number of nitrogens with one attached hydrogen (secondary N) is 1. The van der Waals surface area contributed by atoms with Gasteiger partial charge in [0.25, 0.3) is 0 Å². The molecule has 1 aromatic carbocycles. The van der Waals surface area contributed by atoms with Crippen molar-refractivity contribution in [1.29, 1.82) is 0 Å². The summed E-state index contributed by atoms with van der Waals surface area (Å²) >= 11 is 0. The summed E-state index contributed by atoms with van der Waals surface area (Å²) in [5, 5.41) is 4.98. The Morgan fingerprint density at radius 3 is 2.72 bits per heavy atom. The van der Waals surface area contributed by atoms with Gasteiger partial charge in [0.1, 0.15) is 11.6 Å². The van der Waals surface area contributed by atoms with Gasteiger partial charge in [-0.3, -0.25) is 4.79 Å². The minimum absolute atomic E-state index is 0.0844. The summed E-state index contributed by atoms with van der Waals surface area (Å²) in [7, 11) is 1.65. The van der Waals surface area contributed by atoms with Gasteiger partial charge >= 0.3 is 0 Å². The number of nitrogens with zero attached hydrogens (tertiary/aromatic N) is 3.